The van der Waals surface area contributed by atoms with E-state index in [0.29, 0.717) is 29.2 Å². The zero-order valence-corrected chi connectivity index (χ0v) is 14.7. The van der Waals surface area contributed by atoms with Crippen LogP contribution in [0.5, 0.6) is 11.5 Å². The lowest BCUT2D eigenvalue weighted by Gasteiger charge is -2.13. The highest BCUT2D eigenvalue weighted by Gasteiger charge is 2.16. The third-order valence-corrected chi connectivity index (χ3v) is 4.00. The molecule has 0 atom stereocenters. The molecule has 130 valence electrons. The fourth-order valence-corrected chi connectivity index (χ4v) is 2.80. The summed E-state index contributed by atoms with van der Waals surface area (Å²) in [6.45, 7) is 2.48. The second-order valence-corrected chi connectivity index (χ2v) is 5.59. The van der Waals surface area contributed by atoms with Gasteiger partial charge in [0.2, 0.25) is 0 Å². The zero-order chi connectivity index (χ0) is 18.5. The molecular formula is C21H19N3O2. The van der Waals surface area contributed by atoms with E-state index in [-0.39, 0.29) is 5.82 Å². The van der Waals surface area contributed by atoms with E-state index in [2.05, 4.69) is 11.1 Å². The number of methoxy groups -OCH3 is 1. The summed E-state index contributed by atoms with van der Waals surface area (Å²) in [6.07, 6.45) is 0. The summed E-state index contributed by atoms with van der Waals surface area (Å²) >= 11 is 0. The van der Waals surface area contributed by atoms with Crippen molar-refractivity contribution in [3.05, 3.63) is 60.2 Å². The SMILES string of the molecule is CCOc1ccccc1-c1cc(-c2cccc(OC)c2)c(C#N)c(N)n1. The molecular weight excluding hydrogens is 326 g/mol. The van der Waals surface area contributed by atoms with Gasteiger partial charge in [0.15, 0.2) is 0 Å². The molecule has 0 bridgehead atoms. The first-order valence-corrected chi connectivity index (χ1v) is 8.25. The maximum absolute atomic E-state index is 9.56. The number of hydrogen-bond donors (Lipinski definition) is 1. The summed E-state index contributed by atoms with van der Waals surface area (Å²) in [5.74, 6) is 1.62. The Morgan fingerprint density at radius 2 is 1.88 bits per heavy atom. The van der Waals surface area contributed by atoms with Crippen LogP contribution in [0, 0.1) is 11.3 Å². The molecule has 0 aliphatic rings. The van der Waals surface area contributed by atoms with E-state index in [9.17, 15) is 5.26 Å². The fraction of sp³-hybridized carbons (Fsp3) is 0.143. The summed E-state index contributed by atoms with van der Waals surface area (Å²) in [4.78, 5) is 4.43. The first kappa shape index (κ1) is 17.3. The molecule has 3 rings (SSSR count). The highest BCUT2D eigenvalue weighted by atomic mass is 16.5. The van der Waals surface area contributed by atoms with Gasteiger partial charge in [0, 0.05) is 11.1 Å². The minimum atomic E-state index is 0.189. The van der Waals surface area contributed by atoms with Crippen LogP contribution >= 0.6 is 0 Å². The van der Waals surface area contributed by atoms with Crippen molar-refractivity contribution >= 4 is 5.82 Å². The van der Waals surface area contributed by atoms with Crippen molar-refractivity contribution in [1.82, 2.24) is 4.98 Å². The van der Waals surface area contributed by atoms with Crippen molar-refractivity contribution in [2.75, 3.05) is 19.5 Å². The molecule has 0 fully saturated rings. The molecule has 0 spiro atoms. The molecule has 26 heavy (non-hydrogen) atoms. The standard InChI is InChI=1S/C21H19N3O2/c1-3-26-20-10-5-4-9-16(20)19-12-17(18(13-22)21(23)24-19)14-7-6-8-15(11-14)25-2/h4-12H,3H2,1-2H3,(H2,23,24). The molecule has 2 aromatic carbocycles. The first-order valence-electron chi connectivity index (χ1n) is 8.25. The van der Waals surface area contributed by atoms with E-state index in [1.165, 1.54) is 0 Å². The zero-order valence-electron chi connectivity index (χ0n) is 14.7. The number of anilines is 1. The largest absolute Gasteiger partial charge is 0.497 e. The predicted octanol–water partition coefficient (Wildman–Crippen LogP) is 4.28. The molecule has 0 aliphatic carbocycles. The molecule has 0 saturated heterocycles. The van der Waals surface area contributed by atoms with Gasteiger partial charge in [0.05, 0.1) is 19.4 Å². The molecule has 0 aliphatic heterocycles. The number of para-hydroxylation sites is 1. The van der Waals surface area contributed by atoms with Gasteiger partial charge in [-0.1, -0.05) is 24.3 Å². The molecule has 0 radical (unpaired) electrons. The Kier molecular flexibility index (Phi) is 5.04. The highest BCUT2D eigenvalue weighted by molar-refractivity contribution is 5.81. The molecule has 1 aromatic heterocycles. The van der Waals surface area contributed by atoms with E-state index in [1.54, 1.807) is 7.11 Å². The average Bonchev–Trinajstić information content (AvgIpc) is 2.68. The Balaban J connectivity index is 2.22. The fourth-order valence-electron chi connectivity index (χ4n) is 2.80. The number of aromatic nitrogens is 1. The van der Waals surface area contributed by atoms with Crippen LogP contribution in [-0.4, -0.2) is 18.7 Å². The van der Waals surface area contributed by atoms with E-state index in [1.807, 2.05) is 61.5 Å². The number of hydrogen-bond acceptors (Lipinski definition) is 5. The summed E-state index contributed by atoms with van der Waals surface area (Å²) in [7, 11) is 1.61. The van der Waals surface area contributed by atoms with Crippen molar-refractivity contribution in [2.24, 2.45) is 0 Å². The summed E-state index contributed by atoms with van der Waals surface area (Å²) in [6, 6.07) is 19.2. The summed E-state index contributed by atoms with van der Waals surface area (Å²) < 4.78 is 11.0. The van der Waals surface area contributed by atoms with Crippen LogP contribution in [0.15, 0.2) is 54.6 Å². The van der Waals surface area contributed by atoms with Crippen LogP contribution in [-0.2, 0) is 0 Å². The number of pyridine rings is 1. The minimum absolute atomic E-state index is 0.189. The monoisotopic (exact) mass is 345 g/mol. The molecule has 5 heteroatoms. The molecule has 5 nitrogen and oxygen atoms in total. The van der Waals surface area contributed by atoms with Gasteiger partial charge in [0.1, 0.15) is 28.9 Å². The van der Waals surface area contributed by atoms with Gasteiger partial charge >= 0.3 is 0 Å². The van der Waals surface area contributed by atoms with Crippen LogP contribution < -0.4 is 15.2 Å². The van der Waals surface area contributed by atoms with E-state index < -0.39 is 0 Å². The number of nitrogens with two attached hydrogens (primary N) is 1. The number of benzene rings is 2. The highest BCUT2D eigenvalue weighted by Crippen LogP contribution is 2.35. The maximum Gasteiger partial charge on any atom is 0.142 e. The Morgan fingerprint density at radius 3 is 2.62 bits per heavy atom. The molecule has 0 saturated carbocycles. The van der Waals surface area contributed by atoms with Gasteiger partial charge in [-0.3, -0.25) is 0 Å². The number of nitrogen functional groups attached to an aromatic ring is 1. The number of nitrogens with zero attached hydrogens (tertiary/aromatic N) is 2. The lowest BCUT2D eigenvalue weighted by molar-refractivity contribution is 0.341. The van der Waals surface area contributed by atoms with Crippen LogP contribution in [0.25, 0.3) is 22.4 Å². The molecule has 3 aromatic rings. The maximum atomic E-state index is 9.56. The van der Waals surface area contributed by atoms with E-state index in [0.717, 1.165) is 16.9 Å². The number of nitriles is 1. The Morgan fingerprint density at radius 1 is 1.08 bits per heavy atom. The van der Waals surface area contributed by atoms with Crippen LogP contribution in [0.1, 0.15) is 12.5 Å². The normalized spacial score (nSPS) is 10.2. The van der Waals surface area contributed by atoms with Crippen LogP contribution in [0.4, 0.5) is 5.82 Å². The van der Waals surface area contributed by atoms with Gasteiger partial charge in [-0.25, -0.2) is 4.98 Å². The van der Waals surface area contributed by atoms with Crippen molar-refractivity contribution in [3.63, 3.8) is 0 Å². The van der Waals surface area contributed by atoms with Gasteiger partial charge in [-0.05, 0) is 42.8 Å². The van der Waals surface area contributed by atoms with Gasteiger partial charge in [-0.15, -0.1) is 0 Å². The summed E-state index contributed by atoms with van der Waals surface area (Å²) in [5, 5.41) is 9.56. The number of rotatable bonds is 5. The first-order chi connectivity index (χ1) is 12.7. The molecule has 0 amide bonds. The predicted molar refractivity (Wildman–Crippen MR) is 102 cm³/mol. The Labute approximate surface area is 152 Å². The second-order valence-electron chi connectivity index (χ2n) is 5.59. The smallest absolute Gasteiger partial charge is 0.142 e. The number of ether oxygens (including phenoxy) is 2. The van der Waals surface area contributed by atoms with Gasteiger partial charge in [-0.2, -0.15) is 5.26 Å². The van der Waals surface area contributed by atoms with Gasteiger partial charge < -0.3 is 15.2 Å². The topological polar surface area (TPSA) is 81.2 Å². The lowest BCUT2D eigenvalue weighted by atomic mass is 9.98. The van der Waals surface area contributed by atoms with Crippen molar-refractivity contribution < 1.29 is 9.47 Å². The molecule has 2 N–H and O–H groups in total. The van der Waals surface area contributed by atoms with E-state index in [4.69, 9.17) is 15.2 Å². The van der Waals surface area contributed by atoms with Crippen LogP contribution in [0.2, 0.25) is 0 Å². The lowest BCUT2D eigenvalue weighted by Crippen LogP contribution is -2.01. The van der Waals surface area contributed by atoms with E-state index >= 15 is 0 Å². The van der Waals surface area contributed by atoms with Crippen LogP contribution in [0.3, 0.4) is 0 Å². The Hall–Kier alpha value is -3.52. The average molecular weight is 345 g/mol. The second kappa shape index (κ2) is 7.58. The minimum Gasteiger partial charge on any atom is -0.497 e. The third kappa shape index (κ3) is 3.31. The van der Waals surface area contributed by atoms with Crippen molar-refractivity contribution in [2.45, 2.75) is 6.92 Å². The Bertz CT molecular complexity index is 977. The molecule has 1 heterocycles. The third-order valence-electron chi connectivity index (χ3n) is 4.00. The van der Waals surface area contributed by atoms with Crippen molar-refractivity contribution in [1.29, 1.82) is 5.26 Å². The molecule has 0 unspecified atom stereocenters. The summed E-state index contributed by atoms with van der Waals surface area (Å²) in [5.41, 5.74) is 9.47. The van der Waals surface area contributed by atoms with Crippen molar-refractivity contribution in [3.8, 4) is 40.0 Å². The quantitative estimate of drug-likeness (QED) is 0.746. The van der Waals surface area contributed by atoms with Gasteiger partial charge in [0.25, 0.3) is 0 Å².